The van der Waals surface area contributed by atoms with Crippen LogP contribution < -0.4 is 5.32 Å². The first-order chi connectivity index (χ1) is 11.4. The molecule has 1 N–H and O–H groups in total. The van der Waals surface area contributed by atoms with E-state index in [0.717, 1.165) is 5.56 Å². The van der Waals surface area contributed by atoms with Gasteiger partial charge in [0.05, 0.1) is 4.92 Å². The minimum atomic E-state index is -0.912. The summed E-state index contributed by atoms with van der Waals surface area (Å²) >= 11 is 0. The van der Waals surface area contributed by atoms with Crippen molar-refractivity contribution in [2.24, 2.45) is 0 Å². The minimum absolute atomic E-state index is 0.177. The molecular weight excluding hydrogens is 312 g/mol. The molecule has 0 aliphatic carbocycles. The van der Waals surface area contributed by atoms with Crippen molar-refractivity contribution in [2.45, 2.75) is 13.8 Å². The molecule has 1 amide bonds. The number of nitro groups is 1. The summed E-state index contributed by atoms with van der Waals surface area (Å²) in [5.74, 6) is -1.43. The molecule has 2 aromatic rings. The quantitative estimate of drug-likeness (QED) is 0.517. The van der Waals surface area contributed by atoms with Crippen LogP contribution in [0.3, 0.4) is 0 Å². The number of nitro benzene ring substituents is 1. The molecule has 2 aromatic carbocycles. The summed E-state index contributed by atoms with van der Waals surface area (Å²) in [4.78, 5) is 34.3. The lowest BCUT2D eigenvalue weighted by Crippen LogP contribution is -2.21. The van der Waals surface area contributed by atoms with Gasteiger partial charge in [-0.05, 0) is 31.5 Å². The highest BCUT2D eigenvalue weighted by atomic mass is 16.6. The van der Waals surface area contributed by atoms with Crippen molar-refractivity contribution in [2.75, 3.05) is 11.9 Å². The second kappa shape index (κ2) is 7.36. The zero-order valence-corrected chi connectivity index (χ0v) is 13.2. The third kappa shape index (κ3) is 3.95. The Morgan fingerprint density at radius 2 is 1.75 bits per heavy atom. The molecule has 0 spiro atoms. The van der Waals surface area contributed by atoms with Gasteiger partial charge in [0.2, 0.25) is 0 Å². The number of benzene rings is 2. The van der Waals surface area contributed by atoms with Gasteiger partial charge in [-0.25, -0.2) is 4.79 Å². The van der Waals surface area contributed by atoms with Crippen molar-refractivity contribution in [3.8, 4) is 0 Å². The number of hydrogen-bond donors (Lipinski definition) is 1. The summed E-state index contributed by atoms with van der Waals surface area (Å²) in [5.41, 5.74) is 1.33. The third-order valence-corrected chi connectivity index (χ3v) is 3.39. The Morgan fingerprint density at radius 3 is 2.42 bits per heavy atom. The number of hydrogen-bond acceptors (Lipinski definition) is 5. The van der Waals surface area contributed by atoms with Gasteiger partial charge in [-0.15, -0.1) is 0 Å². The van der Waals surface area contributed by atoms with Crippen LogP contribution in [-0.2, 0) is 9.53 Å². The summed E-state index contributed by atoms with van der Waals surface area (Å²) in [5, 5.41) is 13.7. The number of aryl methyl sites for hydroxylation is 2. The number of carbonyl (C=O) groups is 2. The number of amides is 1. The molecule has 0 heterocycles. The minimum Gasteiger partial charge on any atom is -0.452 e. The standard InChI is InChI=1S/C17H16N2O5/c1-11-6-3-4-9-14(11)18-15(20)10-24-17(21)13-8-5-7-12(2)16(13)19(22)23/h3-9H,10H2,1-2H3,(H,18,20). The van der Waals surface area contributed by atoms with E-state index in [0.29, 0.717) is 11.3 Å². The average Bonchev–Trinajstić information content (AvgIpc) is 2.54. The zero-order chi connectivity index (χ0) is 17.7. The first kappa shape index (κ1) is 17.1. The fourth-order valence-electron chi connectivity index (χ4n) is 2.17. The van der Waals surface area contributed by atoms with E-state index in [2.05, 4.69) is 5.32 Å². The number of ether oxygens (including phenoxy) is 1. The van der Waals surface area contributed by atoms with Gasteiger partial charge in [-0.2, -0.15) is 0 Å². The Balaban J connectivity index is 2.04. The molecule has 0 bridgehead atoms. The Labute approximate surface area is 138 Å². The molecular formula is C17H16N2O5. The molecule has 0 aromatic heterocycles. The fourth-order valence-corrected chi connectivity index (χ4v) is 2.17. The van der Waals surface area contributed by atoms with Crippen LogP contribution in [0, 0.1) is 24.0 Å². The van der Waals surface area contributed by atoms with Gasteiger partial charge in [0, 0.05) is 11.3 Å². The molecule has 0 aliphatic heterocycles. The van der Waals surface area contributed by atoms with Crippen LogP contribution in [0.5, 0.6) is 0 Å². The van der Waals surface area contributed by atoms with Crippen molar-refractivity contribution in [1.82, 2.24) is 0 Å². The monoisotopic (exact) mass is 328 g/mol. The molecule has 0 atom stereocenters. The van der Waals surface area contributed by atoms with Gasteiger partial charge >= 0.3 is 5.97 Å². The van der Waals surface area contributed by atoms with Gasteiger partial charge in [0.25, 0.3) is 11.6 Å². The van der Waals surface area contributed by atoms with E-state index >= 15 is 0 Å². The smallest absolute Gasteiger partial charge is 0.345 e. The van der Waals surface area contributed by atoms with Crippen LogP contribution in [0.1, 0.15) is 21.5 Å². The average molecular weight is 328 g/mol. The van der Waals surface area contributed by atoms with Gasteiger partial charge in [-0.3, -0.25) is 14.9 Å². The molecule has 124 valence electrons. The topological polar surface area (TPSA) is 98.5 Å². The number of carbonyl (C=O) groups excluding carboxylic acids is 2. The second-order valence-corrected chi connectivity index (χ2v) is 5.17. The molecule has 0 fully saturated rings. The lowest BCUT2D eigenvalue weighted by molar-refractivity contribution is -0.385. The van der Waals surface area contributed by atoms with Crippen molar-refractivity contribution >= 4 is 23.3 Å². The number of nitrogens with zero attached hydrogens (tertiary/aromatic N) is 1. The van der Waals surface area contributed by atoms with Crippen LogP contribution >= 0.6 is 0 Å². The molecule has 0 aliphatic rings. The highest BCUT2D eigenvalue weighted by Crippen LogP contribution is 2.23. The summed E-state index contributed by atoms with van der Waals surface area (Å²) in [6.07, 6.45) is 0. The van der Waals surface area contributed by atoms with Crippen LogP contribution in [0.2, 0.25) is 0 Å². The highest BCUT2D eigenvalue weighted by Gasteiger charge is 2.24. The maximum absolute atomic E-state index is 12.0. The Hall–Kier alpha value is -3.22. The van der Waals surface area contributed by atoms with Crippen molar-refractivity contribution in [1.29, 1.82) is 0 Å². The van der Waals surface area contributed by atoms with Crippen LogP contribution in [-0.4, -0.2) is 23.4 Å². The third-order valence-electron chi connectivity index (χ3n) is 3.39. The largest absolute Gasteiger partial charge is 0.452 e. The molecule has 0 saturated carbocycles. The molecule has 7 nitrogen and oxygen atoms in total. The summed E-state index contributed by atoms with van der Waals surface area (Å²) in [6.45, 7) is 2.83. The van der Waals surface area contributed by atoms with E-state index in [-0.39, 0.29) is 11.3 Å². The lowest BCUT2D eigenvalue weighted by atomic mass is 10.1. The Kier molecular flexibility index (Phi) is 5.26. The van der Waals surface area contributed by atoms with Crippen LogP contribution in [0.15, 0.2) is 42.5 Å². The van der Waals surface area contributed by atoms with Crippen molar-refractivity contribution in [3.63, 3.8) is 0 Å². The molecule has 0 radical (unpaired) electrons. The molecule has 7 heteroatoms. The summed E-state index contributed by atoms with van der Waals surface area (Å²) in [7, 11) is 0. The number of rotatable bonds is 5. The molecule has 0 saturated heterocycles. The van der Waals surface area contributed by atoms with Gasteiger partial charge in [-0.1, -0.05) is 30.3 Å². The van der Waals surface area contributed by atoms with E-state index < -0.39 is 23.4 Å². The van der Waals surface area contributed by atoms with Crippen molar-refractivity contribution < 1.29 is 19.2 Å². The maximum atomic E-state index is 12.0. The normalized spacial score (nSPS) is 10.1. The first-order valence-electron chi connectivity index (χ1n) is 7.16. The SMILES string of the molecule is Cc1ccccc1NC(=O)COC(=O)c1cccc(C)c1[N+](=O)[O-]. The highest BCUT2D eigenvalue weighted by molar-refractivity contribution is 5.98. The van der Waals surface area contributed by atoms with E-state index in [1.54, 1.807) is 12.1 Å². The summed E-state index contributed by atoms with van der Waals surface area (Å²) < 4.78 is 4.89. The van der Waals surface area contributed by atoms with Crippen LogP contribution in [0.25, 0.3) is 0 Å². The Morgan fingerprint density at radius 1 is 1.08 bits per heavy atom. The van der Waals surface area contributed by atoms with E-state index in [9.17, 15) is 19.7 Å². The molecule has 24 heavy (non-hydrogen) atoms. The predicted octanol–water partition coefficient (Wildman–Crippen LogP) is 3.01. The summed E-state index contributed by atoms with van der Waals surface area (Å²) in [6, 6.07) is 11.5. The van der Waals surface area contributed by atoms with Gasteiger partial charge in [0.15, 0.2) is 6.61 Å². The van der Waals surface area contributed by atoms with Crippen LogP contribution in [0.4, 0.5) is 11.4 Å². The number of nitrogens with one attached hydrogen (secondary N) is 1. The van der Waals surface area contributed by atoms with Gasteiger partial charge in [0.1, 0.15) is 5.56 Å². The first-order valence-corrected chi connectivity index (χ1v) is 7.16. The van der Waals surface area contributed by atoms with E-state index in [1.165, 1.54) is 25.1 Å². The number of anilines is 1. The fraction of sp³-hybridized carbons (Fsp3) is 0.176. The molecule has 2 rings (SSSR count). The predicted molar refractivity (Wildman–Crippen MR) is 87.9 cm³/mol. The van der Waals surface area contributed by atoms with Crippen molar-refractivity contribution in [3.05, 3.63) is 69.3 Å². The second-order valence-electron chi connectivity index (χ2n) is 5.17. The van der Waals surface area contributed by atoms with E-state index in [1.807, 2.05) is 19.1 Å². The zero-order valence-electron chi connectivity index (χ0n) is 13.2. The van der Waals surface area contributed by atoms with E-state index in [4.69, 9.17) is 4.74 Å². The lowest BCUT2D eigenvalue weighted by Gasteiger charge is -2.09. The number of esters is 1. The molecule has 0 unspecified atom stereocenters. The van der Waals surface area contributed by atoms with Gasteiger partial charge < -0.3 is 10.1 Å². The Bertz CT molecular complexity index is 801. The number of para-hydroxylation sites is 2. The maximum Gasteiger partial charge on any atom is 0.345 e.